The van der Waals surface area contributed by atoms with E-state index in [0.717, 1.165) is 16.7 Å². The topological polar surface area (TPSA) is 75.7 Å². The second-order valence-electron chi connectivity index (χ2n) is 7.92. The van der Waals surface area contributed by atoms with Gasteiger partial charge in [0, 0.05) is 18.7 Å². The van der Waals surface area contributed by atoms with E-state index in [-0.39, 0.29) is 16.5 Å². The number of sulfonamides is 1. The van der Waals surface area contributed by atoms with E-state index in [2.05, 4.69) is 5.32 Å². The molecule has 0 spiro atoms. The van der Waals surface area contributed by atoms with Gasteiger partial charge in [0.05, 0.1) is 10.6 Å². The summed E-state index contributed by atoms with van der Waals surface area (Å²) >= 11 is 0. The normalized spacial score (nSPS) is 11.5. The Hall–Kier alpha value is -3.16. The van der Waals surface area contributed by atoms with E-state index in [0.29, 0.717) is 30.2 Å². The monoisotopic (exact) mass is 466 g/mol. The van der Waals surface area contributed by atoms with Crippen molar-refractivity contribution >= 4 is 21.6 Å². The van der Waals surface area contributed by atoms with Gasteiger partial charge in [0.2, 0.25) is 10.0 Å². The zero-order valence-corrected chi connectivity index (χ0v) is 20.5. The van der Waals surface area contributed by atoms with Crippen LogP contribution < -0.4 is 10.1 Å². The fraction of sp³-hybridized carbons (Fsp3) is 0.269. The van der Waals surface area contributed by atoms with Crippen molar-refractivity contribution in [2.75, 3.05) is 18.4 Å². The average molecular weight is 467 g/mol. The minimum Gasteiger partial charge on any atom is -0.455 e. The fourth-order valence-electron chi connectivity index (χ4n) is 3.38. The van der Waals surface area contributed by atoms with Crippen LogP contribution in [0.25, 0.3) is 0 Å². The van der Waals surface area contributed by atoms with E-state index in [9.17, 15) is 13.2 Å². The molecule has 0 saturated carbocycles. The zero-order chi connectivity index (χ0) is 24.2. The first-order valence-electron chi connectivity index (χ1n) is 10.9. The fourth-order valence-corrected chi connectivity index (χ4v) is 4.86. The van der Waals surface area contributed by atoms with Crippen molar-refractivity contribution in [2.45, 2.75) is 39.5 Å². The van der Waals surface area contributed by atoms with Crippen molar-refractivity contribution in [1.29, 1.82) is 0 Å². The molecule has 6 nitrogen and oxygen atoms in total. The Labute approximate surface area is 196 Å². The van der Waals surface area contributed by atoms with Gasteiger partial charge in [0.25, 0.3) is 5.91 Å². The first-order chi connectivity index (χ1) is 15.6. The quantitative estimate of drug-likeness (QED) is 0.463. The predicted octanol–water partition coefficient (Wildman–Crippen LogP) is 5.69. The largest absolute Gasteiger partial charge is 0.455 e. The summed E-state index contributed by atoms with van der Waals surface area (Å²) in [4.78, 5) is 13.1. The molecule has 0 aliphatic heterocycles. The van der Waals surface area contributed by atoms with Crippen molar-refractivity contribution in [3.63, 3.8) is 0 Å². The predicted molar refractivity (Wildman–Crippen MR) is 132 cm³/mol. The Balaban J connectivity index is 2.02. The summed E-state index contributed by atoms with van der Waals surface area (Å²) in [6.45, 7) is 10.2. The number of amides is 1. The molecule has 1 amide bonds. The molecule has 0 heterocycles. The SMILES string of the molecule is CCN(CC)S(=O)(=O)c1ccc(Oc2ccc(C)cc2)c(NC(=O)c2ccc(C)c(C)c2)c1. The van der Waals surface area contributed by atoms with Gasteiger partial charge in [0.15, 0.2) is 5.75 Å². The van der Waals surface area contributed by atoms with Gasteiger partial charge in [-0.05, 0) is 74.4 Å². The number of hydrogen-bond acceptors (Lipinski definition) is 4. The summed E-state index contributed by atoms with van der Waals surface area (Å²) in [6.07, 6.45) is 0. The molecule has 7 heteroatoms. The highest BCUT2D eigenvalue weighted by Gasteiger charge is 2.24. The van der Waals surface area contributed by atoms with Crippen LogP contribution in [0.2, 0.25) is 0 Å². The van der Waals surface area contributed by atoms with E-state index in [1.54, 1.807) is 26.0 Å². The smallest absolute Gasteiger partial charge is 0.255 e. The minimum atomic E-state index is -3.71. The molecular formula is C26H30N2O4S. The summed E-state index contributed by atoms with van der Waals surface area (Å²) in [5, 5.41) is 2.85. The molecular weight excluding hydrogens is 436 g/mol. The summed E-state index contributed by atoms with van der Waals surface area (Å²) < 4.78 is 33.5. The standard InChI is InChI=1S/C26H30N2O4S/c1-6-28(7-2)33(30,31)23-14-15-25(32-22-12-8-18(3)9-13-22)24(17-23)27-26(29)21-11-10-19(4)20(5)16-21/h8-17H,6-7H2,1-5H3,(H,27,29). The Bertz CT molecular complexity index is 1250. The number of rotatable bonds is 8. The minimum absolute atomic E-state index is 0.0952. The van der Waals surface area contributed by atoms with E-state index in [4.69, 9.17) is 4.74 Å². The highest BCUT2D eigenvalue weighted by Crippen LogP contribution is 2.33. The molecule has 0 bridgehead atoms. The number of benzene rings is 3. The lowest BCUT2D eigenvalue weighted by Gasteiger charge is -2.20. The maximum atomic E-state index is 13.1. The molecule has 33 heavy (non-hydrogen) atoms. The third-order valence-electron chi connectivity index (χ3n) is 5.56. The summed E-state index contributed by atoms with van der Waals surface area (Å²) in [6, 6.07) is 17.5. The van der Waals surface area contributed by atoms with E-state index in [1.807, 2.05) is 57.2 Å². The van der Waals surface area contributed by atoms with Gasteiger partial charge >= 0.3 is 0 Å². The Morgan fingerprint density at radius 1 is 0.879 bits per heavy atom. The number of nitrogens with zero attached hydrogens (tertiary/aromatic N) is 1. The number of carbonyl (C=O) groups excluding carboxylic acids is 1. The van der Waals surface area contributed by atoms with Crippen LogP contribution in [-0.2, 0) is 10.0 Å². The van der Waals surface area contributed by atoms with Crippen LogP contribution in [0, 0.1) is 20.8 Å². The van der Waals surface area contributed by atoms with Crippen LogP contribution in [0.3, 0.4) is 0 Å². The second-order valence-corrected chi connectivity index (χ2v) is 9.85. The molecule has 0 saturated heterocycles. The van der Waals surface area contributed by atoms with E-state index in [1.165, 1.54) is 16.4 Å². The first kappa shape index (κ1) is 24.5. The molecule has 1 N–H and O–H groups in total. The zero-order valence-electron chi connectivity index (χ0n) is 19.7. The molecule has 0 aromatic heterocycles. The van der Waals surface area contributed by atoms with Crippen molar-refractivity contribution in [1.82, 2.24) is 4.31 Å². The summed E-state index contributed by atoms with van der Waals surface area (Å²) in [5.74, 6) is 0.598. The number of anilines is 1. The third kappa shape index (κ3) is 5.61. The molecule has 0 atom stereocenters. The Morgan fingerprint density at radius 3 is 2.15 bits per heavy atom. The highest BCUT2D eigenvalue weighted by molar-refractivity contribution is 7.89. The van der Waals surface area contributed by atoms with Crippen LogP contribution in [0.1, 0.15) is 40.9 Å². The highest BCUT2D eigenvalue weighted by atomic mass is 32.2. The third-order valence-corrected chi connectivity index (χ3v) is 7.61. The molecule has 3 rings (SSSR count). The molecule has 3 aromatic carbocycles. The lowest BCUT2D eigenvalue weighted by Crippen LogP contribution is -2.30. The van der Waals surface area contributed by atoms with Gasteiger partial charge in [-0.15, -0.1) is 0 Å². The molecule has 3 aromatic rings. The van der Waals surface area contributed by atoms with E-state index >= 15 is 0 Å². The Kier molecular flexibility index (Phi) is 7.56. The number of aryl methyl sites for hydroxylation is 3. The molecule has 0 aliphatic rings. The van der Waals surface area contributed by atoms with Gasteiger partial charge in [-0.2, -0.15) is 4.31 Å². The molecule has 0 radical (unpaired) electrons. The summed E-state index contributed by atoms with van der Waals surface area (Å²) in [7, 11) is -3.71. The van der Waals surface area contributed by atoms with Crippen LogP contribution in [0.5, 0.6) is 11.5 Å². The van der Waals surface area contributed by atoms with Crippen LogP contribution in [-0.4, -0.2) is 31.7 Å². The van der Waals surface area contributed by atoms with Crippen LogP contribution in [0.4, 0.5) is 5.69 Å². The van der Waals surface area contributed by atoms with Gasteiger partial charge < -0.3 is 10.1 Å². The van der Waals surface area contributed by atoms with Crippen molar-refractivity contribution < 1.29 is 17.9 Å². The van der Waals surface area contributed by atoms with Gasteiger partial charge in [-0.1, -0.05) is 37.6 Å². The van der Waals surface area contributed by atoms with Gasteiger partial charge in [-0.3, -0.25) is 4.79 Å². The molecule has 0 unspecified atom stereocenters. The number of nitrogens with one attached hydrogen (secondary N) is 1. The van der Waals surface area contributed by atoms with Gasteiger partial charge in [-0.25, -0.2) is 8.42 Å². The van der Waals surface area contributed by atoms with Crippen LogP contribution in [0.15, 0.2) is 65.6 Å². The maximum Gasteiger partial charge on any atom is 0.255 e. The second kappa shape index (κ2) is 10.2. The van der Waals surface area contributed by atoms with Crippen molar-refractivity contribution in [3.8, 4) is 11.5 Å². The summed E-state index contributed by atoms with van der Waals surface area (Å²) in [5.41, 5.74) is 3.94. The number of hydrogen-bond donors (Lipinski definition) is 1. The van der Waals surface area contributed by atoms with Gasteiger partial charge in [0.1, 0.15) is 5.75 Å². The lowest BCUT2D eigenvalue weighted by molar-refractivity contribution is 0.102. The van der Waals surface area contributed by atoms with Crippen molar-refractivity contribution in [3.05, 3.63) is 82.9 Å². The molecule has 174 valence electrons. The molecule has 0 aliphatic carbocycles. The van der Waals surface area contributed by atoms with Crippen molar-refractivity contribution in [2.24, 2.45) is 0 Å². The average Bonchev–Trinajstić information content (AvgIpc) is 2.78. The number of ether oxygens (including phenoxy) is 1. The first-order valence-corrected chi connectivity index (χ1v) is 12.4. The van der Waals surface area contributed by atoms with Crippen LogP contribution >= 0.6 is 0 Å². The van der Waals surface area contributed by atoms with E-state index < -0.39 is 10.0 Å². The number of carbonyl (C=O) groups is 1. The lowest BCUT2D eigenvalue weighted by atomic mass is 10.1. The maximum absolute atomic E-state index is 13.1. The Morgan fingerprint density at radius 2 is 1.55 bits per heavy atom. The molecule has 0 fully saturated rings.